The quantitative estimate of drug-likeness (QED) is 0.713. The lowest BCUT2D eigenvalue weighted by atomic mass is 9.49. The first-order valence-corrected chi connectivity index (χ1v) is 9.70. The Balaban J connectivity index is 1.46. The van der Waals surface area contributed by atoms with Gasteiger partial charge in [0.15, 0.2) is 0 Å². The van der Waals surface area contributed by atoms with Gasteiger partial charge in [-0.1, -0.05) is 12.1 Å². The molecule has 4 aliphatic carbocycles. The molecule has 0 heterocycles. The van der Waals surface area contributed by atoms with Gasteiger partial charge in [0.25, 0.3) is 0 Å². The molecule has 1 aromatic rings. The first-order valence-electron chi connectivity index (χ1n) is 9.70. The zero-order valence-corrected chi connectivity index (χ0v) is 15.2. The summed E-state index contributed by atoms with van der Waals surface area (Å²) >= 11 is 0. The summed E-state index contributed by atoms with van der Waals surface area (Å²) in [7, 11) is 0. The summed E-state index contributed by atoms with van der Waals surface area (Å²) in [5.41, 5.74) is 0.469. The van der Waals surface area contributed by atoms with Crippen molar-refractivity contribution in [2.45, 2.75) is 51.0 Å². The van der Waals surface area contributed by atoms with Gasteiger partial charge in [-0.05, 0) is 74.0 Å². The predicted octanol–water partition coefficient (Wildman–Crippen LogP) is 2.71. The van der Waals surface area contributed by atoms with Gasteiger partial charge in [-0.15, -0.1) is 0 Å². The summed E-state index contributed by atoms with van der Waals surface area (Å²) in [5, 5.41) is 21.4. The SMILES string of the molecule is O=C(O)c1ccc(C[C@@H](NC(=O)C23CC4CC(CC(C4)C2)C3)C(=O)O)cc1. The molecule has 6 nitrogen and oxygen atoms in total. The molecular weight excluding hydrogens is 346 g/mol. The molecule has 1 amide bonds. The number of benzene rings is 1. The van der Waals surface area contributed by atoms with Crippen molar-refractivity contribution in [1.29, 1.82) is 0 Å². The topological polar surface area (TPSA) is 104 Å². The maximum atomic E-state index is 13.1. The lowest BCUT2D eigenvalue weighted by molar-refractivity contribution is -0.151. The van der Waals surface area contributed by atoms with E-state index in [0.29, 0.717) is 23.3 Å². The molecule has 0 aliphatic heterocycles. The van der Waals surface area contributed by atoms with Crippen LogP contribution in [-0.2, 0) is 16.0 Å². The molecule has 3 N–H and O–H groups in total. The lowest BCUT2D eigenvalue weighted by Gasteiger charge is -2.55. The fraction of sp³-hybridized carbons (Fsp3) is 0.571. The van der Waals surface area contributed by atoms with Crippen molar-refractivity contribution < 1.29 is 24.6 Å². The molecule has 144 valence electrons. The van der Waals surface area contributed by atoms with Crippen LogP contribution < -0.4 is 5.32 Å². The Labute approximate surface area is 158 Å². The fourth-order valence-electron chi connectivity index (χ4n) is 5.92. The van der Waals surface area contributed by atoms with Crippen LogP contribution in [0.5, 0.6) is 0 Å². The van der Waals surface area contributed by atoms with Crippen LogP contribution in [0.3, 0.4) is 0 Å². The van der Waals surface area contributed by atoms with E-state index in [9.17, 15) is 19.5 Å². The molecule has 5 rings (SSSR count). The van der Waals surface area contributed by atoms with E-state index in [0.717, 1.165) is 19.3 Å². The van der Waals surface area contributed by atoms with E-state index in [-0.39, 0.29) is 23.3 Å². The second kappa shape index (κ2) is 6.66. The average molecular weight is 371 g/mol. The molecule has 6 heteroatoms. The second-order valence-corrected chi connectivity index (χ2v) is 8.77. The molecular formula is C21H25NO5. The molecule has 0 radical (unpaired) electrons. The van der Waals surface area contributed by atoms with Gasteiger partial charge in [0.05, 0.1) is 5.56 Å². The lowest BCUT2D eigenvalue weighted by Crippen LogP contribution is -2.56. The monoisotopic (exact) mass is 371 g/mol. The van der Waals surface area contributed by atoms with E-state index < -0.39 is 18.0 Å². The van der Waals surface area contributed by atoms with E-state index in [4.69, 9.17) is 5.11 Å². The number of carbonyl (C=O) groups excluding carboxylic acids is 1. The molecule has 4 fully saturated rings. The van der Waals surface area contributed by atoms with Crippen molar-refractivity contribution in [3.8, 4) is 0 Å². The zero-order valence-electron chi connectivity index (χ0n) is 15.2. The normalized spacial score (nSPS) is 32.1. The maximum absolute atomic E-state index is 13.1. The highest BCUT2D eigenvalue weighted by molar-refractivity contribution is 5.88. The number of aromatic carboxylic acids is 1. The minimum Gasteiger partial charge on any atom is -0.480 e. The highest BCUT2D eigenvalue weighted by atomic mass is 16.4. The summed E-state index contributed by atoms with van der Waals surface area (Å²) in [5.74, 6) is -0.325. The van der Waals surface area contributed by atoms with Gasteiger partial charge in [-0.3, -0.25) is 4.79 Å². The molecule has 27 heavy (non-hydrogen) atoms. The van der Waals surface area contributed by atoms with E-state index in [1.807, 2.05) is 0 Å². The molecule has 0 aromatic heterocycles. The molecule has 0 saturated heterocycles. The van der Waals surface area contributed by atoms with Gasteiger partial charge in [0.2, 0.25) is 5.91 Å². The average Bonchev–Trinajstić information content (AvgIpc) is 2.60. The summed E-state index contributed by atoms with van der Waals surface area (Å²) in [4.78, 5) is 35.8. The third-order valence-electron chi connectivity index (χ3n) is 6.76. The fourth-order valence-corrected chi connectivity index (χ4v) is 5.92. The van der Waals surface area contributed by atoms with Gasteiger partial charge in [-0.25, -0.2) is 9.59 Å². The predicted molar refractivity (Wildman–Crippen MR) is 97.3 cm³/mol. The van der Waals surface area contributed by atoms with Crippen molar-refractivity contribution in [2.75, 3.05) is 0 Å². The Hall–Kier alpha value is -2.37. The highest BCUT2D eigenvalue weighted by Crippen LogP contribution is 2.60. The van der Waals surface area contributed by atoms with Crippen LogP contribution in [0.25, 0.3) is 0 Å². The highest BCUT2D eigenvalue weighted by Gasteiger charge is 2.54. The molecule has 0 unspecified atom stereocenters. The smallest absolute Gasteiger partial charge is 0.335 e. The van der Waals surface area contributed by atoms with Crippen molar-refractivity contribution in [3.63, 3.8) is 0 Å². The van der Waals surface area contributed by atoms with E-state index in [1.54, 1.807) is 12.1 Å². The minimum atomic E-state index is -1.06. The standard InChI is InChI=1S/C21H25NO5/c23-18(24)16-3-1-12(2-4-16)8-17(19(25)26)22-20(27)21-9-13-5-14(10-21)7-15(6-13)11-21/h1-4,13-15,17H,5-11H2,(H,22,27)(H,23,24)(H,25,26)/t13?,14?,15?,17-,21?/m1/s1. The van der Waals surface area contributed by atoms with Crippen molar-refractivity contribution in [2.24, 2.45) is 23.2 Å². The third-order valence-corrected chi connectivity index (χ3v) is 6.76. The Bertz CT molecular complexity index is 734. The van der Waals surface area contributed by atoms with Gasteiger partial charge in [0, 0.05) is 11.8 Å². The molecule has 1 aromatic carbocycles. The van der Waals surface area contributed by atoms with Gasteiger partial charge < -0.3 is 15.5 Å². The molecule has 4 saturated carbocycles. The number of amides is 1. The zero-order chi connectivity index (χ0) is 19.2. The second-order valence-electron chi connectivity index (χ2n) is 8.77. The van der Waals surface area contributed by atoms with E-state index in [1.165, 1.54) is 31.4 Å². The van der Waals surface area contributed by atoms with Crippen molar-refractivity contribution >= 4 is 17.8 Å². The molecule has 1 atom stereocenters. The van der Waals surface area contributed by atoms with Crippen LogP contribution in [0, 0.1) is 23.2 Å². The number of carboxylic acids is 2. The Morgan fingerprint density at radius 3 is 1.93 bits per heavy atom. The van der Waals surface area contributed by atoms with Crippen LogP contribution in [0.2, 0.25) is 0 Å². The summed E-state index contributed by atoms with van der Waals surface area (Å²) in [6, 6.07) is 5.13. The maximum Gasteiger partial charge on any atom is 0.335 e. The summed E-state index contributed by atoms with van der Waals surface area (Å²) < 4.78 is 0. The van der Waals surface area contributed by atoms with Crippen LogP contribution >= 0.6 is 0 Å². The first-order chi connectivity index (χ1) is 12.8. The van der Waals surface area contributed by atoms with Crippen LogP contribution in [-0.4, -0.2) is 34.1 Å². The Kier molecular flexibility index (Phi) is 4.44. The summed E-state index contributed by atoms with van der Waals surface area (Å²) in [6.45, 7) is 0. The minimum absolute atomic E-state index is 0.101. The number of hydrogen-bond acceptors (Lipinski definition) is 3. The van der Waals surface area contributed by atoms with Gasteiger partial charge in [0.1, 0.15) is 6.04 Å². The number of aliphatic carboxylic acids is 1. The molecule has 4 bridgehead atoms. The van der Waals surface area contributed by atoms with Crippen molar-refractivity contribution in [1.82, 2.24) is 5.32 Å². The third kappa shape index (κ3) is 3.45. The number of carboxylic acid groups (broad SMARTS) is 2. The number of rotatable bonds is 6. The molecule has 0 spiro atoms. The van der Waals surface area contributed by atoms with Crippen LogP contribution in [0.1, 0.15) is 54.4 Å². The van der Waals surface area contributed by atoms with Gasteiger partial charge >= 0.3 is 11.9 Å². The number of hydrogen-bond donors (Lipinski definition) is 3. The van der Waals surface area contributed by atoms with E-state index in [2.05, 4.69) is 5.32 Å². The first kappa shape index (κ1) is 18.0. The van der Waals surface area contributed by atoms with Crippen LogP contribution in [0.4, 0.5) is 0 Å². The molecule has 4 aliphatic rings. The van der Waals surface area contributed by atoms with E-state index >= 15 is 0 Å². The van der Waals surface area contributed by atoms with Crippen LogP contribution in [0.15, 0.2) is 24.3 Å². The number of carbonyl (C=O) groups is 3. The Morgan fingerprint density at radius 1 is 0.963 bits per heavy atom. The van der Waals surface area contributed by atoms with Gasteiger partial charge in [-0.2, -0.15) is 0 Å². The summed E-state index contributed by atoms with van der Waals surface area (Å²) in [6.07, 6.45) is 6.51. The number of nitrogens with one attached hydrogen (secondary N) is 1. The largest absolute Gasteiger partial charge is 0.480 e. The van der Waals surface area contributed by atoms with Crippen molar-refractivity contribution in [3.05, 3.63) is 35.4 Å². The Morgan fingerprint density at radius 2 is 1.48 bits per heavy atom.